The van der Waals surface area contributed by atoms with E-state index in [0.29, 0.717) is 17.1 Å². The van der Waals surface area contributed by atoms with Crippen LogP contribution in [0.4, 0.5) is 0 Å². The zero-order valence-corrected chi connectivity index (χ0v) is 16.4. The monoisotopic (exact) mass is 389 g/mol. The minimum Gasteiger partial charge on any atom is -0.342 e. The molecule has 0 spiro atoms. The second-order valence-electron chi connectivity index (χ2n) is 6.19. The fourth-order valence-electron chi connectivity index (χ4n) is 3.01. The minimum absolute atomic E-state index is 0.131. The van der Waals surface area contributed by atoms with Gasteiger partial charge in [0.25, 0.3) is 5.91 Å². The number of fused-ring (bicyclic) bond motifs is 1. The topological polar surface area (TPSA) is 54.7 Å². The molecule has 0 N–H and O–H groups in total. The number of amides is 2. The lowest BCUT2D eigenvalue weighted by Crippen LogP contribution is -2.36. The molecule has 0 radical (unpaired) electrons. The van der Waals surface area contributed by atoms with Crippen molar-refractivity contribution in [3.63, 3.8) is 0 Å². The van der Waals surface area contributed by atoms with Crippen LogP contribution in [0, 0.1) is 0 Å². The van der Waals surface area contributed by atoms with Crippen molar-refractivity contribution in [2.24, 2.45) is 4.99 Å². The Bertz CT molecular complexity index is 863. The molecule has 3 rings (SSSR count). The van der Waals surface area contributed by atoms with Crippen molar-refractivity contribution < 1.29 is 9.59 Å². The van der Waals surface area contributed by atoms with Gasteiger partial charge in [-0.05, 0) is 31.4 Å². The minimum atomic E-state index is -0.203. The molecular formula is C19H23N3O2S2. The van der Waals surface area contributed by atoms with Gasteiger partial charge in [0.05, 0.1) is 21.7 Å². The van der Waals surface area contributed by atoms with Gasteiger partial charge < -0.3 is 9.47 Å². The first kappa shape index (κ1) is 18.9. The number of allylic oxidation sites excluding steroid dienone is 1. The van der Waals surface area contributed by atoms with Crippen LogP contribution in [0.5, 0.6) is 0 Å². The van der Waals surface area contributed by atoms with E-state index < -0.39 is 0 Å². The van der Waals surface area contributed by atoms with Gasteiger partial charge in [-0.1, -0.05) is 29.5 Å². The van der Waals surface area contributed by atoms with Crippen molar-refractivity contribution in [1.82, 2.24) is 9.47 Å². The summed E-state index contributed by atoms with van der Waals surface area (Å²) in [6.45, 7) is 6.09. The fourth-order valence-corrected chi connectivity index (χ4v) is 4.77. The summed E-state index contributed by atoms with van der Waals surface area (Å²) in [6.07, 6.45) is 5.17. The van der Waals surface area contributed by atoms with Crippen LogP contribution >= 0.6 is 23.1 Å². The zero-order chi connectivity index (χ0) is 18.4. The largest absolute Gasteiger partial charge is 0.342 e. The highest BCUT2D eigenvalue weighted by Crippen LogP contribution is 2.17. The Balaban J connectivity index is 1.63. The van der Waals surface area contributed by atoms with Crippen LogP contribution in [-0.4, -0.2) is 45.9 Å². The summed E-state index contributed by atoms with van der Waals surface area (Å²) in [5.74, 6) is 0.499. The van der Waals surface area contributed by atoms with Gasteiger partial charge in [-0.3, -0.25) is 9.59 Å². The number of benzene rings is 1. The molecule has 1 fully saturated rings. The maximum atomic E-state index is 12.3. The molecule has 1 aliphatic rings. The number of thiazole rings is 1. The molecule has 1 aliphatic heterocycles. The predicted molar refractivity (Wildman–Crippen MR) is 108 cm³/mol. The molecule has 7 heteroatoms. The van der Waals surface area contributed by atoms with E-state index in [1.54, 1.807) is 6.08 Å². The number of hydrogen-bond acceptors (Lipinski definition) is 4. The molecule has 0 atom stereocenters. The molecule has 138 valence electrons. The Morgan fingerprint density at radius 3 is 2.73 bits per heavy atom. The van der Waals surface area contributed by atoms with Gasteiger partial charge in [-0.25, -0.2) is 0 Å². The normalized spacial score (nSPS) is 15.4. The van der Waals surface area contributed by atoms with Crippen LogP contribution in [0.25, 0.3) is 10.2 Å². The third-order valence-corrected chi connectivity index (χ3v) is 6.24. The Morgan fingerprint density at radius 1 is 1.19 bits per heavy atom. The lowest BCUT2D eigenvalue weighted by atomic mass is 10.1. The van der Waals surface area contributed by atoms with Gasteiger partial charge in [-0.2, -0.15) is 4.99 Å². The summed E-state index contributed by atoms with van der Waals surface area (Å²) < 4.78 is 3.09. The van der Waals surface area contributed by atoms with Crippen LogP contribution in [0.1, 0.15) is 19.3 Å². The predicted octanol–water partition coefficient (Wildman–Crippen LogP) is 3.06. The highest BCUT2D eigenvalue weighted by atomic mass is 32.2. The van der Waals surface area contributed by atoms with Crippen LogP contribution in [0.2, 0.25) is 0 Å². The molecule has 0 unspecified atom stereocenters. The second kappa shape index (κ2) is 9.19. The summed E-state index contributed by atoms with van der Waals surface area (Å²) in [5, 5.41) is 0. The van der Waals surface area contributed by atoms with E-state index in [1.807, 2.05) is 33.7 Å². The molecule has 1 aromatic heterocycles. The van der Waals surface area contributed by atoms with Crippen LogP contribution in [-0.2, 0) is 16.1 Å². The fraction of sp³-hybridized carbons (Fsp3) is 0.421. The number of carbonyl (C=O) groups excluding carboxylic acids is 2. The number of aromatic nitrogens is 1. The maximum absolute atomic E-state index is 12.3. The van der Waals surface area contributed by atoms with E-state index >= 15 is 0 Å². The van der Waals surface area contributed by atoms with Gasteiger partial charge in [0.1, 0.15) is 0 Å². The quantitative estimate of drug-likeness (QED) is 0.714. The number of nitrogens with zero attached hydrogens (tertiary/aromatic N) is 3. The Labute approximate surface area is 161 Å². The molecule has 0 saturated carbocycles. The highest BCUT2D eigenvalue weighted by molar-refractivity contribution is 8.00. The van der Waals surface area contributed by atoms with Crippen molar-refractivity contribution in [3.8, 4) is 0 Å². The van der Waals surface area contributed by atoms with Crippen LogP contribution < -0.4 is 4.80 Å². The molecule has 1 aromatic carbocycles. The van der Waals surface area contributed by atoms with E-state index in [2.05, 4.69) is 11.6 Å². The molecule has 2 amide bonds. The molecule has 0 bridgehead atoms. The Hall–Kier alpha value is -1.86. The van der Waals surface area contributed by atoms with Crippen molar-refractivity contribution >= 4 is 45.1 Å². The van der Waals surface area contributed by atoms with E-state index in [-0.39, 0.29) is 17.6 Å². The SMILES string of the molecule is C=CCn1c(=NC(=O)CSCC(=O)N2CCCCC2)sc2ccccc21. The lowest BCUT2D eigenvalue weighted by molar-refractivity contribution is -0.129. The van der Waals surface area contributed by atoms with Crippen LogP contribution in [0.15, 0.2) is 41.9 Å². The first-order chi connectivity index (χ1) is 12.7. The van der Waals surface area contributed by atoms with Gasteiger partial charge in [0.15, 0.2) is 4.80 Å². The third kappa shape index (κ3) is 4.65. The number of piperidine rings is 1. The van der Waals surface area contributed by atoms with E-state index in [0.717, 1.165) is 36.1 Å². The van der Waals surface area contributed by atoms with Crippen molar-refractivity contribution in [3.05, 3.63) is 41.7 Å². The maximum Gasteiger partial charge on any atom is 0.258 e. The van der Waals surface area contributed by atoms with Gasteiger partial charge in [0, 0.05) is 19.6 Å². The average Bonchev–Trinajstić information content (AvgIpc) is 3.00. The van der Waals surface area contributed by atoms with Gasteiger partial charge in [0.2, 0.25) is 5.91 Å². The highest BCUT2D eigenvalue weighted by Gasteiger charge is 2.16. The van der Waals surface area contributed by atoms with Crippen molar-refractivity contribution in [2.45, 2.75) is 25.8 Å². The number of carbonyl (C=O) groups is 2. The number of para-hydroxylation sites is 1. The van der Waals surface area contributed by atoms with Crippen molar-refractivity contribution in [1.29, 1.82) is 0 Å². The first-order valence-corrected chi connectivity index (χ1v) is 10.8. The summed E-state index contributed by atoms with van der Waals surface area (Å²) in [5.41, 5.74) is 1.05. The zero-order valence-electron chi connectivity index (χ0n) is 14.7. The number of thioether (sulfide) groups is 1. The Morgan fingerprint density at radius 2 is 1.96 bits per heavy atom. The van der Waals surface area contributed by atoms with Gasteiger partial charge >= 0.3 is 0 Å². The molecule has 1 saturated heterocycles. The first-order valence-electron chi connectivity index (χ1n) is 8.81. The van der Waals surface area contributed by atoms with E-state index in [1.165, 1.54) is 29.5 Å². The van der Waals surface area contributed by atoms with E-state index in [4.69, 9.17) is 0 Å². The molecule has 5 nitrogen and oxygen atoms in total. The van der Waals surface area contributed by atoms with Crippen molar-refractivity contribution in [2.75, 3.05) is 24.6 Å². The van der Waals surface area contributed by atoms with Crippen LogP contribution in [0.3, 0.4) is 0 Å². The smallest absolute Gasteiger partial charge is 0.258 e. The lowest BCUT2D eigenvalue weighted by Gasteiger charge is -2.26. The molecule has 0 aliphatic carbocycles. The molecule has 2 heterocycles. The van der Waals surface area contributed by atoms with E-state index in [9.17, 15) is 9.59 Å². The summed E-state index contributed by atoms with van der Waals surface area (Å²) in [6, 6.07) is 7.99. The summed E-state index contributed by atoms with van der Waals surface area (Å²) in [4.78, 5) is 31.3. The molecule has 2 aromatic rings. The summed E-state index contributed by atoms with van der Waals surface area (Å²) >= 11 is 2.85. The third-order valence-electron chi connectivity index (χ3n) is 4.28. The Kier molecular flexibility index (Phi) is 6.68. The molecule has 26 heavy (non-hydrogen) atoms. The standard InChI is InChI=1S/C19H23N3O2S2/c1-2-10-22-15-8-4-5-9-16(15)26-19(22)20-17(23)13-25-14-18(24)21-11-6-3-7-12-21/h2,4-5,8-9H,1,3,6-7,10-14H2. The second-order valence-corrected chi connectivity index (χ2v) is 8.19. The molecular weight excluding hydrogens is 366 g/mol. The number of hydrogen-bond donors (Lipinski definition) is 0. The number of likely N-dealkylation sites (tertiary alicyclic amines) is 1. The summed E-state index contributed by atoms with van der Waals surface area (Å²) in [7, 11) is 0. The van der Waals surface area contributed by atoms with Gasteiger partial charge in [-0.15, -0.1) is 18.3 Å². The number of rotatable bonds is 6. The average molecular weight is 390 g/mol.